The molecule has 162 valence electrons. The molecule has 1 fully saturated rings. The van der Waals surface area contributed by atoms with Crippen LogP contribution in [-0.2, 0) is 21.1 Å². The van der Waals surface area contributed by atoms with E-state index >= 15 is 0 Å². The van der Waals surface area contributed by atoms with Crippen molar-refractivity contribution in [1.82, 2.24) is 9.88 Å². The van der Waals surface area contributed by atoms with Gasteiger partial charge in [0, 0.05) is 49.0 Å². The zero-order valence-electron chi connectivity index (χ0n) is 16.7. The van der Waals surface area contributed by atoms with Crippen molar-refractivity contribution in [2.75, 3.05) is 24.7 Å². The zero-order chi connectivity index (χ0) is 22.1. The maximum Gasteiger partial charge on any atom is 0.271 e. The van der Waals surface area contributed by atoms with Crippen molar-refractivity contribution in [2.24, 2.45) is 0 Å². The number of sulfone groups is 1. The number of anilines is 1. The molecule has 3 rings (SSSR count). The Morgan fingerprint density at radius 3 is 2.60 bits per heavy atom. The number of hydrogen-bond donors (Lipinski definition) is 1. The molecule has 2 unspecified atom stereocenters. The number of nitro groups is 1. The zero-order valence-corrected chi connectivity index (χ0v) is 18.3. The van der Waals surface area contributed by atoms with Crippen LogP contribution in [0.25, 0.3) is 0 Å². The smallest absolute Gasteiger partial charge is 0.271 e. The van der Waals surface area contributed by atoms with Gasteiger partial charge in [0.2, 0.25) is 0 Å². The quantitative estimate of drug-likeness (QED) is 0.519. The van der Waals surface area contributed by atoms with Gasteiger partial charge in [0.15, 0.2) is 15.0 Å². The summed E-state index contributed by atoms with van der Waals surface area (Å²) in [6.45, 7) is 6.20. The highest BCUT2D eigenvalue weighted by molar-refractivity contribution is 7.90. The molecule has 1 N–H and O–H groups in total. The fourth-order valence-electron chi connectivity index (χ4n) is 3.28. The molecule has 1 aliphatic rings. The van der Waals surface area contributed by atoms with E-state index in [1.165, 1.54) is 11.3 Å². The van der Waals surface area contributed by atoms with Crippen LogP contribution in [-0.4, -0.2) is 60.7 Å². The number of rotatable bonds is 6. The normalized spacial score (nSPS) is 20.1. The minimum absolute atomic E-state index is 0.128. The van der Waals surface area contributed by atoms with E-state index in [0.29, 0.717) is 11.7 Å². The molecule has 0 spiro atoms. The Morgan fingerprint density at radius 1 is 1.33 bits per heavy atom. The van der Waals surface area contributed by atoms with Gasteiger partial charge in [0.1, 0.15) is 0 Å². The number of carbonyl (C=O) groups is 1. The third kappa shape index (κ3) is 5.59. The van der Waals surface area contributed by atoms with E-state index in [1.807, 2.05) is 19.2 Å². The van der Waals surface area contributed by atoms with Gasteiger partial charge in [-0.1, -0.05) is 0 Å². The second-order valence-corrected chi connectivity index (χ2v) is 10.2. The molecule has 0 saturated carbocycles. The minimum Gasteiger partial charge on any atom is -0.373 e. The number of thiazole rings is 1. The van der Waals surface area contributed by atoms with E-state index in [1.54, 1.807) is 0 Å². The van der Waals surface area contributed by atoms with Crippen LogP contribution in [0.4, 0.5) is 10.8 Å². The number of benzene rings is 1. The predicted octanol–water partition coefficient (Wildman–Crippen LogP) is 2.32. The van der Waals surface area contributed by atoms with Crippen molar-refractivity contribution in [3.05, 3.63) is 45.0 Å². The fraction of sp³-hybridized carbons (Fsp3) is 0.444. The maximum atomic E-state index is 12.6. The molecule has 1 aromatic heterocycles. The third-order valence-corrected chi connectivity index (χ3v) is 6.34. The highest BCUT2D eigenvalue weighted by Crippen LogP contribution is 2.23. The highest BCUT2D eigenvalue weighted by atomic mass is 32.2. The monoisotopic (exact) mass is 454 g/mol. The highest BCUT2D eigenvalue weighted by Gasteiger charge is 2.23. The molecule has 1 amide bonds. The van der Waals surface area contributed by atoms with Crippen molar-refractivity contribution in [1.29, 1.82) is 0 Å². The van der Waals surface area contributed by atoms with Crippen molar-refractivity contribution in [2.45, 2.75) is 37.5 Å². The van der Waals surface area contributed by atoms with E-state index in [2.05, 4.69) is 15.2 Å². The first kappa shape index (κ1) is 22.3. The third-order valence-electron chi connectivity index (χ3n) is 4.45. The second-order valence-electron chi connectivity index (χ2n) is 7.29. The molecule has 2 atom stereocenters. The predicted molar refractivity (Wildman–Crippen MR) is 112 cm³/mol. The van der Waals surface area contributed by atoms with Gasteiger partial charge in [-0.15, -0.1) is 11.3 Å². The molecule has 30 heavy (non-hydrogen) atoms. The molecule has 12 heteroatoms. The van der Waals surface area contributed by atoms with Crippen LogP contribution in [0.1, 0.15) is 29.9 Å². The van der Waals surface area contributed by atoms with Gasteiger partial charge in [0.25, 0.3) is 11.6 Å². The summed E-state index contributed by atoms with van der Waals surface area (Å²) in [6, 6.07) is 3.08. The van der Waals surface area contributed by atoms with E-state index in [9.17, 15) is 23.3 Å². The van der Waals surface area contributed by atoms with Crippen molar-refractivity contribution in [3.8, 4) is 0 Å². The summed E-state index contributed by atoms with van der Waals surface area (Å²) < 4.78 is 29.3. The number of aromatic nitrogens is 1. The van der Waals surface area contributed by atoms with Gasteiger partial charge in [0.05, 0.1) is 27.7 Å². The fourth-order valence-corrected chi connectivity index (χ4v) is 4.66. The molecular weight excluding hydrogens is 432 g/mol. The van der Waals surface area contributed by atoms with Crippen molar-refractivity contribution >= 4 is 37.9 Å². The number of hydrogen-bond acceptors (Lipinski definition) is 9. The van der Waals surface area contributed by atoms with Gasteiger partial charge < -0.3 is 4.74 Å². The Labute approximate surface area is 177 Å². The van der Waals surface area contributed by atoms with Crippen LogP contribution >= 0.6 is 11.3 Å². The summed E-state index contributed by atoms with van der Waals surface area (Å²) in [5.74, 6) is -0.668. The molecule has 1 saturated heterocycles. The molecule has 0 bridgehead atoms. The molecule has 0 aliphatic carbocycles. The molecule has 1 aromatic carbocycles. The van der Waals surface area contributed by atoms with Gasteiger partial charge in [-0.3, -0.25) is 25.1 Å². The number of nitrogens with zero attached hydrogens (tertiary/aromatic N) is 3. The first-order chi connectivity index (χ1) is 14.0. The Hall–Kier alpha value is -2.41. The summed E-state index contributed by atoms with van der Waals surface area (Å²) in [6.07, 6.45) is 1.18. The largest absolute Gasteiger partial charge is 0.373 e. The van der Waals surface area contributed by atoms with Gasteiger partial charge in [-0.2, -0.15) is 0 Å². The number of nitrogens with one attached hydrogen (secondary N) is 1. The topological polar surface area (TPSA) is 132 Å². The van der Waals surface area contributed by atoms with Crippen molar-refractivity contribution in [3.63, 3.8) is 0 Å². The van der Waals surface area contributed by atoms with Crippen LogP contribution in [0, 0.1) is 10.1 Å². The van der Waals surface area contributed by atoms with Crippen molar-refractivity contribution < 1.29 is 22.9 Å². The van der Waals surface area contributed by atoms with E-state index < -0.39 is 26.4 Å². The molecule has 2 aromatic rings. The summed E-state index contributed by atoms with van der Waals surface area (Å²) in [4.78, 5) is 29.3. The molecule has 0 radical (unpaired) electrons. The van der Waals surface area contributed by atoms with Crippen LogP contribution in [0.5, 0.6) is 0 Å². The minimum atomic E-state index is -3.72. The van der Waals surface area contributed by atoms with E-state index in [4.69, 9.17) is 4.74 Å². The van der Waals surface area contributed by atoms with Crippen LogP contribution in [0.3, 0.4) is 0 Å². The lowest BCUT2D eigenvalue weighted by Gasteiger charge is -2.34. The Bertz CT molecular complexity index is 1060. The number of carbonyl (C=O) groups excluding carboxylic acids is 1. The summed E-state index contributed by atoms with van der Waals surface area (Å²) in [5, 5.41) is 15.9. The number of amides is 1. The number of ether oxygens (including phenoxy) is 1. The Kier molecular flexibility index (Phi) is 6.50. The molecular formula is C18H22N4O6S2. The molecule has 10 nitrogen and oxygen atoms in total. The van der Waals surface area contributed by atoms with Crippen LogP contribution in [0.2, 0.25) is 0 Å². The molecule has 2 heterocycles. The van der Waals surface area contributed by atoms with Crippen LogP contribution in [0.15, 0.2) is 28.5 Å². The lowest BCUT2D eigenvalue weighted by atomic mass is 10.2. The average Bonchev–Trinajstić information content (AvgIpc) is 3.06. The SMILES string of the molecule is CC1CN(Cc2csc(NC(=O)c3cc([N+](=O)[O-])cc(S(C)(=O)=O)c3)n2)CC(C)O1. The Morgan fingerprint density at radius 2 is 2.00 bits per heavy atom. The van der Waals surface area contributed by atoms with Gasteiger partial charge >= 0.3 is 0 Å². The number of non-ortho nitro benzene ring substituents is 1. The maximum absolute atomic E-state index is 12.6. The van der Waals surface area contributed by atoms with Crippen LogP contribution < -0.4 is 5.32 Å². The summed E-state index contributed by atoms with van der Waals surface area (Å²) in [5.41, 5.74) is 0.183. The standard InChI is InChI=1S/C18H22N4O6S2/c1-11-7-21(8-12(2)28-11)9-14-10-29-18(19-14)20-17(23)13-4-15(22(24)25)6-16(5-13)30(3,26)27/h4-6,10-12H,7-9H2,1-3H3,(H,19,20,23). The Balaban J connectivity index is 1.74. The first-order valence-corrected chi connectivity index (χ1v) is 11.9. The first-order valence-electron chi connectivity index (χ1n) is 9.14. The van der Waals surface area contributed by atoms with E-state index in [0.717, 1.165) is 43.2 Å². The second kappa shape index (κ2) is 8.76. The number of nitro benzene ring substituents is 1. The summed E-state index contributed by atoms with van der Waals surface area (Å²) in [7, 11) is -3.72. The lowest BCUT2D eigenvalue weighted by molar-refractivity contribution is -0.385. The van der Waals surface area contributed by atoms with E-state index in [-0.39, 0.29) is 22.7 Å². The molecule has 1 aliphatic heterocycles. The lowest BCUT2D eigenvalue weighted by Crippen LogP contribution is -2.44. The van der Waals surface area contributed by atoms with Gasteiger partial charge in [-0.05, 0) is 19.9 Å². The summed E-state index contributed by atoms with van der Waals surface area (Å²) >= 11 is 1.23. The average molecular weight is 455 g/mol. The van der Waals surface area contributed by atoms with Gasteiger partial charge in [-0.25, -0.2) is 13.4 Å². The number of morpholine rings is 1.